The molecule has 0 rings (SSSR count). The van der Waals surface area contributed by atoms with Gasteiger partial charge in [-0.05, 0) is 5.92 Å². The number of amides is 2. The van der Waals surface area contributed by atoms with Gasteiger partial charge in [0.25, 0.3) is 0 Å². The minimum atomic E-state index is -0.492. The van der Waals surface area contributed by atoms with E-state index in [0.29, 0.717) is 13.1 Å². The van der Waals surface area contributed by atoms with Crippen molar-refractivity contribution in [2.45, 2.75) is 40.7 Å². The van der Waals surface area contributed by atoms with E-state index in [0.717, 1.165) is 0 Å². The fourth-order valence-corrected chi connectivity index (χ4v) is 1.05. The van der Waals surface area contributed by atoms with Gasteiger partial charge in [0.05, 0.1) is 6.04 Å². The van der Waals surface area contributed by atoms with Crippen LogP contribution >= 0.6 is 0 Å². The minimum absolute atomic E-state index is 0.0279. The molecule has 0 aromatic rings. The van der Waals surface area contributed by atoms with Crippen LogP contribution in [0.3, 0.4) is 0 Å². The van der Waals surface area contributed by atoms with E-state index in [1.165, 1.54) is 0 Å². The summed E-state index contributed by atoms with van der Waals surface area (Å²) in [5, 5.41) is 5.44. The summed E-state index contributed by atoms with van der Waals surface area (Å²) in [6.45, 7) is 10.1. The predicted molar refractivity (Wildman–Crippen MR) is 68.3 cm³/mol. The molecule has 17 heavy (non-hydrogen) atoms. The standard InChI is InChI=1S/C12H25N3O2/c1-8(2)9(13)10(16)14-6-7-15-11(17)12(3,4)5/h8-9H,6-7,13H2,1-5H3,(H,14,16)(H,15,17)/t9-/m0/s1. The largest absolute Gasteiger partial charge is 0.354 e. The van der Waals surface area contributed by atoms with Gasteiger partial charge in [0.15, 0.2) is 0 Å². The molecule has 0 radical (unpaired) electrons. The number of hydrogen-bond donors (Lipinski definition) is 3. The van der Waals surface area contributed by atoms with E-state index in [2.05, 4.69) is 10.6 Å². The summed E-state index contributed by atoms with van der Waals surface area (Å²) in [4.78, 5) is 23.0. The van der Waals surface area contributed by atoms with Gasteiger partial charge in [-0.3, -0.25) is 9.59 Å². The molecule has 0 aromatic heterocycles. The molecule has 1 atom stereocenters. The van der Waals surface area contributed by atoms with Crippen molar-refractivity contribution in [3.63, 3.8) is 0 Å². The van der Waals surface area contributed by atoms with Crippen LogP contribution in [0.1, 0.15) is 34.6 Å². The molecule has 0 aliphatic heterocycles. The van der Waals surface area contributed by atoms with Gasteiger partial charge in [0.2, 0.25) is 11.8 Å². The molecule has 0 heterocycles. The minimum Gasteiger partial charge on any atom is -0.354 e. The Labute approximate surface area is 104 Å². The second-order valence-corrected chi connectivity index (χ2v) is 5.57. The zero-order valence-electron chi connectivity index (χ0n) is 11.5. The molecule has 100 valence electrons. The Bertz CT molecular complexity index is 269. The van der Waals surface area contributed by atoms with Gasteiger partial charge in [0, 0.05) is 18.5 Å². The van der Waals surface area contributed by atoms with Crippen molar-refractivity contribution < 1.29 is 9.59 Å². The van der Waals surface area contributed by atoms with E-state index in [1.807, 2.05) is 34.6 Å². The Hall–Kier alpha value is -1.10. The van der Waals surface area contributed by atoms with Gasteiger partial charge >= 0.3 is 0 Å². The van der Waals surface area contributed by atoms with Gasteiger partial charge < -0.3 is 16.4 Å². The van der Waals surface area contributed by atoms with Crippen molar-refractivity contribution in [1.29, 1.82) is 0 Å². The van der Waals surface area contributed by atoms with Crippen LogP contribution in [-0.4, -0.2) is 30.9 Å². The third kappa shape index (κ3) is 6.26. The van der Waals surface area contributed by atoms with Gasteiger partial charge in [-0.25, -0.2) is 0 Å². The first-order chi connectivity index (χ1) is 7.66. The molecule has 0 spiro atoms. The maximum atomic E-state index is 11.5. The molecular formula is C12H25N3O2. The van der Waals surface area contributed by atoms with Gasteiger partial charge in [-0.2, -0.15) is 0 Å². The maximum Gasteiger partial charge on any atom is 0.237 e. The van der Waals surface area contributed by atoms with Crippen molar-refractivity contribution in [2.24, 2.45) is 17.1 Å². The summed E-state index contributed by atoms with van der Waals surface area (Å²) < 4.78 is 0. The van der Waals surface area contributed by atoms with Crippen LogP contribution in [0.15, 0.2) is 0 Å². The molecule has 0 bridgehead atoms. The molecule has 0 aliphatic carbocycles. The summed E-state index contributed by atoms with van der Waals surface area (Å²) in [5.74, 6) is -0.0934. The zero-order chi connectivity index (χ0) is 13.6. The highest BCUT2D eigenvalue weighted by Gasteiger charge is 2.20. The predicted octanol–water partition coefficient (Wildman–Crippen LogP) is 0.248. The van der Waals surface area contributed by atoms with Crippen molar-refractivity contribution in [1.82, 2.24) is 10.6 Å². The lowest BCUT2D eigenvalue weighted by Gasteiger charge is -2.18. The topological polar surface area (TPSA) is 84.2 Å². The van der Waals surface area contributed by atoms with Crippen LogP contribution in [0.25, 0.3) is 0 Å². The van der Waals surface area contributed by atoms with E-state index in [9.17, 15) is 9.59 Å². The highest BCUT2D eigenvalue weighted by atomic mass is 16.2. The second kappa shape index (κ2) is 6.59. The van der Waals surface area contributed by atoms with Crippen LogP contribution < -0.4 is 16.4 Å². The number of carbonyl (C=O) groups excluding carboxylic acids is 2. The average Bonchev–Trinajstić information content (AvgIpc) is 2.20. The number of hydrogen-bond acceptors (Lipinski definition) is 3. The Morgan fingerprint density at radius 2 is 1.59 bits per heavy atom. The molecule has 5 nitrogen and oxygen atoms in total. The molecular weight excluding hydrogens is 218 g/mol. The third-order valence-electron chi connectivity index (χ3n) is 2.41. The molecule has 0 fully saturated rings. The lowest BCUT2D eigenvalue weighted by molar-refractivity contribution is -0.129. The molecule has 0 aromatic carbocycles. The molecule has 0 unspecified atom stereocenters. The first kappa shape index (κ1) is 15.9. The molecule has 5 heteroatoms. The van der Waals surface area contributed by atoms with E-state index in [1.54, 1.807) is 0 Å². The molecule has 0 saturated carbocycles. The summed E-state index contributed by atoms with van der Waals surface area (Å²) in [5.41, 5.74) is 5.27. The second-order valence-electron chi connectivity index (χ2n) is 5.57. The lowest BCUT2D eigenvalue weighted by atomic mass is 9.96. The van der Waals surface area contributed by atoms with Crippen molar-refractivity contribution >= 4 is 11.8 Å². The van der Waals surface area contributed by atoms with Crippen LogP contribution in [-0.2, 0) is 9.59 Å². The first-order valence-electron chi connectivity index (χ1n) is 5.98. The number of nitrogens with two attached hydrogens (primary N) is 1. The zero-order valence-corrected chi connectivity index (χ0v) is 11.5. The number of nitrogens with one attached hydrogen (secondary N) is 2. The fourth-order valence-electron chi connectivity index (χ4n) is 1.05. The summed E-state index contributed by atoms with van der Waals surface area (Å²) >= 11 is 0. The average molecular weight is 243 g/mol. The van der Waals surface area contributed by atoms with E-state index in [-0.39, 0.29) is 17.7 Å². The summed E-state index contributed by atoms with van der Waals surface area (Å²) in [6.07, 6.45) is 0. The normalized spacial score (nSPS) is 13.4. The van der Waals surface area contributed by atoms with E-state index < -0.39 is 11.5 Å². The van der Waals surface area contributed by atoms with Gasteiger partial charge in [-0.1, -0.05) is 34.6 Å². The Morgan fingerprint density at radius 3 is 2.00 bits per heavy atom. The number of rotatable bonds is 5. The maximum absolute atomic E-state index is 11.5. The fraction of sp³-hybridized carbons (Fsp3) is 0.833. The van der Waals surface area contributed by atoms with Crippen molar-refractivity contribution in [3.05, 3.63) is 0 Å². The lowest BCUT2D eigenvalue weighted by Crippen LogP contribution is -2.46. The Balaban J connectivity index is 3.80. The van der Waals surface area contributed by atoms with Crippen LogP contribution in [0.5, 0.6) is 0 Å². The molecule has 4 N–H and O–H groups in total. The smallest absolute Gasteiger partial charge is 0.237 e. The monoisotopic (exact) mass is 243 g/mol. The van der Waals surface area contributed by atoms with Gasteiger partial charge in [0.1, 0.15) is 0 Å². The highest BCUT2D eigenvalue weighted by Crippen LogP contribution is 2.11. The molecule has 2 amide bonds. The molecule has 0 saturated heterocycles. The summed E-state index contributed by atoms with van der Waals surface area (Å²) in [6, 6.07) is -0.492. The van der Waals surface area contributed by atoms with Gasteiger partial charge in [-0.15, -0.1) is 0 Å². The van der Waals surface area contributed by atoms with Crippen molar-refractivity contribution in [3.8, 4) is 0 Å². The quantitative estimate of drug-likeness (QED) is 0.605. The highest BCUT2D eigenvalue weighted by molar-refractivity contribution is 5.82. The summed E-state index contributed by atoms with van der Waals surface area (Å²) in [7, 11) is 0. The van der Waals surface area contributed by atoms with Crippen LogP contribution in [0.2, 0.25) is 0 Å². The Kier molecular flexibility index (Phi) is 6.16. The SMILES string of the molecule is CC(C)[C@H](N)C(=O)NCCNC(=O)C(C)(C)C. The van der Waals surface area contributed by atoms with E-state index in [4.69, 9.17) is 5.73 Å². The van der Waals surface area contributed by atoms with E-state index >= 15 is 0 Å². The van der Waals surface area contributed by atoms with Crippen LogP contribution in [0, 0.1) is 11.3 Å². The number of carbonyl (C=O) groups is 2. The Morgan fingerprint density at radius 1 is 1.12 bits per heavy atom. The van der Waals surface area contributed by atoms with Crippen molar-refractivity contribution in [2.75, 3.05) is 13.1 Å². The molecule has 0 aliphatic rings. The van der Waals surface area contributed by atoms with Crippen LogP contribution in [0.4, 0.5) is 0 Å². The third-order valence-corrected chi connectivity index (χ3v) is 2.41. The first-order valence-corrected chi connectivity index (χ1v) is 5.98.